The molecule has 2 aromatic rings. The number of nitrogens with zero attached hydrogens (tertiary/aromatic N) is 2. The number of esters is 1. The summed E-state index contributed by atoms with van der Waals surface area (Å²) in [5.74, 6) is -0.714. The van der Waals surface area contributed by atoms with Crippen LogP contribution in [0.5, 0.6) is 0 Å². The standard InChI is InChI=1S/C18H19ClN2O3/c1-12-6-4-5-9-21(12)17(22)11-24-18(23)14-10-16(19)20-15-8-3-2-7-13(14)15/h2-3,7-8,10,12H,4-6,9,11H2,1H3/t12-/m1/s1. The van der Waals surface area contributed by atoms with Crippen molar-refractivity contribution in [1.82, 2.24) is 9.88 Å². The number of fused-ring (bicyclic) bond motifs is 1. The lowest BCUT2D eigenvalue weighted by molar-refractivity contribution is -0.137. The molecule has 0 unspecified atom stereocenters. The number of amides is 1. The fraction of sp³-hybridized carbons (Fsp3) is 0.389. The van der Waals surface area contributed by atoms with E-state index in [0.29, 0.717) is 16.5 Å². The van der Waals surface area contributed by atoms with E-state index in [2.05, 4.69) is 4.98 Å². The third-order valence-electron chi connectivity index (χ3n) is 4.35. The molecular weight excluding hydrogens is 328 g/mol. The van der Waals surface area contributed by atoms with E-state index < -0.39 is 5.97 Å². The summed E-state index contributed by atoms with van der Waals surface area (Å²) in [6, 6.07) is 8.86. The van der Waals surface area contributed by atoms with Crippen LogP contribution in [0.3, 0.4) is 0 Å². The Labute approximate surface area is 145 Å². The van der Waals surface area contributed by atoms with Crippen molar-refractivity contribution in [2.45, 2.75) is 32.2 Å². The number of carbonyl (C=O) groups excluding carboxylic acids is 2. The quantitative estimate of drug-likeness (QED) is 0.631. The van der Waals surface area contributed by atoms with Gasteiger partial charge in [0, 0.05) is 18.0 Å². The van der Waals surface area contributed by atoms with E-state index in [0.717, 1.165) is 25.8 Å². The monoisotopic (exact) mass is 346 g/mol. The number of halogens is 1. The summed E-state index contributed by atoms with van der Waals surface area (Å²) in [4.78, 5) is 30.7. The van der Waals surface area contributed by atoms with Gasteiger partial charge in [0.05, 0.1) is 11.1 Å². The van der Waals surface area contributed by atoms with Crippen LogP contribution in [0, 0.1) is 0 Å². The third kappa shape index (κ3) is 3.51. The van der Waals surface area contributed by atoms with Crippen molar-refractivity contribution in [3.63, 3.8) is 0 Å². The van der Waals surface area contributed by atoms with Crippen molar-refractivity contribution in [3.8, 4) is 0 Å². The molecule has 1 fully saturated rings. The Morgan fingerprint density at radius 2 is 2.12 bits per heavy atom. The van der Waals surface area contributed by atoms with Gasteiger partial charge in [-0.2, -0.15) is 0 Å². The van der Waals surface area contributed by atoms with Gasteiger partial charge in [-0.15, -0.1) is 0 Å². The molecule has 1 aromatic heterocycles. The highest BCUT2D eigenvalue weighted by atomic mass is 35.5. The average molecular weight is 347 g/mol. The van der Waals surface area contributed by atoms with Gasteiger partial charge in [0.1, 0.15) is 5.15 Å². The molecule has 0 saturated carbocycles. The van der Waals surface area contributed by atoms with Crippen molar-refractivity contribution < 1.29 is 14.3 Å². The van der Waals surface area contributed by atoms with Crippen molar-refractivity contribution in [1.29, 1.82) is 0 Å². The number of likely N-dealkylation sites (tertiary alicyclic amines) is 1. The van der Waals surface area contributed by atoms with E-state index in [-0.39, 0.29) is 23.7 Å². The SMILES string of the molecule is C[C@@H]1CCCCN1C(=O)COC(=O)c1cc(Cl)nc2ccccc12. The Balaban J connectivity index is 1.72. The van der Waals surface area contributed by atoms with Crippen molar-refractivity contribution in [2.24, 2.45) is 0 Å². The Kier molecular flexibility index (Phi) is 5.00. The average Bonchev–Trinajstić information content (AvgIpc) is 2.59. The summed E-state index contributed by atoms with van der Waals surface area (Å²) >= 11 is 5.98. The number of carbonyl (C=O) groups is 2. The normalized spacial score (nSPS) is 17.8. The predicted octanol–water partition coefficient (Wildman–Crippen LogP) is 3.45. The number of ether oxygens (including phenoxy) is 1. The van der Waals surface area contributed by atoms with Crippen LogP contribution in [-0.2, 0) is 9.53 Å². The Bertz CT molecular complexity index is 778. The van der Waals surface area contributed by atoms with Gasteiger partial charge in [0.2, 0.25) is 0 Å². The Morgan fingerprint density at radius 3 is 2.92 bits per heavy atom. The van der Waals surface area contributed by atoms with Crippen LogP contribution in [0.15, 0.2) is 30.3 Å². The first kappa shape index (κ1) is 16.7. The van der Waals surface area contributed by atoms with Gasteiger partial charge in [-0.3, -0.25) is 4.79 Å². The fourth-order valence-electron chi connectivity index (χ4n) is 3.07. The highest BCUT2D eigenvalue weighted by Gasteiger charge is 2.24. The first-order valence-corrected chi connectivity index (χ1v) is 8.46. The molecule has 1 aliphatic rings. The van der Waals surface area contributed by atoms with Crippen molar-refractivity contribution in [3.05, 3.63) is 41.0 Å². The first-order valence-electron chi connectivity index (χ1n) is 8.08. The topological polar surface area (TPSA) is 59.5 Å². The minimum atomic E-state index is -0.562. The maximum absolute atomic E-state index is 12.4. The third-order valence-corrected chi connectivity index (χ3v) is 4.55. The maximum atomic E-state index is 12.4. The van der Waals surface area contributed by atoms with Gasteiger partial charge in [-0.25, -0.2) is 9.78 Å². The molecule has 0 spiro atoms. The lowest BCUT2D eigenvalue weighted by atomic mass is 10.0. The number of piperidine rings is 1. The first-order chi connectivity index (χ1) is 11.6. The molecule has 5 nitrogen and oxygen atoms in total. The largest absolute Gasteiger partial charge is 0.452 e. The predicted molar refractivity (Wildman–Crippen MR) is 92.1 cm³/mol. The van der Waals surface area contributed by atoms with Gasteiger partial charge < -0.3 is 9.64 Å². The molecule has 0 N–H and O–H groups in total. The summed E-state index contributed by atoms with van der Waals surface area (Å²) in [7, 11) is 0. The van der Waals surface area contributed by atoms with Crippen LogP contribution in [0.25, 0.3) is 10.9 Å². The number of aromatic nitrogens is 1. The molecule has 2 heterocycles. The number of para-hydroxylation sites is 1. The molecule has 0 bridgehead atoms. The van der Waals surface area contributed by atoms with Gasteiger partial charge in [0.15, 0.2) is 6.61 Å². The van der Waals surface area contributed by atoms with E-state index in [9.17, 15) is 9.59 Å². The molecule has 1 aromatic carbocycles. The van der Waals surface area contributed by atoms with Crippen LogP contribution in [0.1, 0.15) is 36.5 Å². The zero-order valence-electron chi connectivity index (χ0n) is 13.5. The molecule has 0 radical (unpaired) electrons. The summed E-state index contributed by atoms with van der Waals surface area (Å²) in [5, 5.41) is 0.877. The van der Waals surface area contributed by atoms with Crippen molar-refractivity contribution in [2.75, 3.05) is 13.2 Å². The van der Waals surface area contributed by atoms with Crippen molar-refractivity contribution >= 4 is 34.4 Å². The zero-order chi connectivity index (χ0) is 17.1. The van der Waals surface area contributed by atoms with Crippen LogP contribution in [-0.4, -0.2) is 41.0 Å². The molecule has 6 heteroatoms. The van der Waals surface area contributed by atoms with E-state index in [1.54, 1.807) is 17.0 Å². The second kappa shape index (κ2) is 7.18. The second-order valence-corrected chi connectivity index (χ2v) is 6.41. The number of rotatable bonds is 3. The van der Waals surface area contributed by atoms with E-state index in [1.807, 2.05) is 19.1 Å². The molecule has 1 aliphatic heterocycles. The summed E-state index contributed by atoms with van der Waals surface area (Å²) < 4.78 is 5.24. The lowest BCUT2D eigenvalue weighted by Crippen LogP contribution is -2.44. The second-order valence-electron chi connectivity index (χ2n) is 6.02. The molecule has 126 valence electrons. The summed E-state index contributed by atoms with van der Waals surface area (Å²) in [6.45, 7) is 2.49. The lowest BCUT2D eigenvalue weighted by Gasteiger charge is -2.33. The van der Waals surface area contributed by atoms with Crippen LogP contribution in [0.2, 0.25) is 5.15 Å². The summed E-state index contributed by atoms with van der Waals surface area (Å²) in [5.41, 5.74) is 0.943. The number of hydrogen-bond acceptors (Lipinski definition) is 4. The van der Waals surface area contributed by atoms with E-state index in [1.165, 1.54) is 6.07 Å². The number of hydrogen-bond donors (Lipinski definition) is 0. The smallest absolute Gasteiger partial charge is 0.339 e. The van der Waals surface area contributed by atoms with Gasteiger partial charge in [-0.1, -0.05) is 29.8 Å². The van der Waals surface area contributed by atoms with Gasteiger partial charge in [-0.05, 0) is 38.3 Å². The van der Waals surface area contributed by atoms with Crippen LogP contribution < -0.4 is 0 Å². The highest BCUT2D eigenvalue weighted by Crippen LogP contribution is 2.22. The van der Waals surface area contributed by atoms with Crippen LogP contribution >= 0.6 is 11.6 Å². The number of pyridine rings is 1. The Hall–Kier alpha value is -2.14. The summed E-state index contributed by atoms with van der Waals surface area (Å²) in [6.07, 6.45) is 3.12. The highest BCUT2D eigenvalue weighted by molar-refractivity contribution is 6.30. The zero-order valence-corrected chi connectivity index (χ0v) is 14.3. The molecule has 1 amide bonds. The van der Waals surface area contributed by atoms with Gasteiger partial charge in [0.25, 0.3) is 5.91 Å². The Morgan fingerprint density at radius 1 is 1.33 bits per heavy atom. The minimum Gasteiger partial charge on any atom is -0.452 e. The van der Waals surface area contributed by atoms with Gasteiger partial charge >= 0.3 is 5.97 Å². The molecular formula is C18H19ClN2O3. The molecule has 24 heavy (non-hydrogen) atoms. The van der Waals surface area contributed by atoms with Crippen LogP contribution in [0.4, 0.5) is 0 Å². The molecule has 3 rings (SSSR count). The molecule has 0 aliphatic carbocycles. The van der Waals surface area contributed by atoms with E-state index in [4.69, 9.17) is 16.3 Å². The maximum Gasteiger partial charge on any atom is 0.339 e. The van der Waals surface area contributed by atoms with E-state index >= 15 is 0 Å². The fourth-order valence-corrected chi connectivity index (χ4v) is 3.27. The molecule has 1 atom stereocenters. The minimum absolute atomic E-state index is 0.153. The number of benzene rings is 1. The molecule has 1 saturated heterocycles.